The van der Waals surface area contributed by atoms with Crippen LogP contribution in [-0.4, -0.2) is 11.1 Å². The molecular weight excluding hydrogens is 196 g/mol. The molecule has 0 radical (unpaired) electrons. The highest BCUT2D eigenvalue weighted by Gasteiger charge is 2.15. The lowest BCUT2D eigenvalue weighted by atomic mass is 10.0. The topological polar surface area (TPSA) is 37.3 Å². The van der Waals surface area contributed by atoms with Gasteiger partial charge in [0.25, 0.3) is 0 Å². The molecule has 1 aromatic rings. The van der Waals surface area contributed by atoms with E-state index >= 15 is 0 Å². The molecule has 0 fully saturated rings. The number of aliphatic carboxylic acids is 1. The van der Waals surface area contributed by atoms with Crippen LogP contribution in [0.5, 0.6) is 0 Å². The van der Waals surface area contributed by atoms with Crippen LogP contribution in [0.2, 0.25) is 0 Å². The third kappa shape index (κ3) is 2.84. The number of carboxylic acids is 1. The molecule has 0 aliphatic heterocycles. The Hall–Kier alpha value is -0.830. The van der Waals surface area contributed by atoms with Crippen LogP contribution in [0, 0.1) is 0 Å². The number of hydrogen-bond donors (Lipinski definition) is 1. The van der Waals surface area contributed by atoms with E-state index in [4.69, 9.17) is 5.11 Å². The lowest BCUT2D eigenvalue weighted by Crippen LogP contribution is -2.03. The van der Waals surface area contributed by atoms with E-state index in [9.17, 15) is 4.79 Å². The van der Waals surface area contributed by atoms with Gasteiger partial charge in [-0.3, -0.25) is 4.79 Å². The Morgan fingerprint density at radius 1 is 1.50 bits per heavy atom. The Bertz CT molecular complexity index is 304. The van der Waals surface area contributed by atoms with E-state index in [0.717, 1.165) is 12.8 Å². The van der Waals surface area contributed by atoms with E-state index in [0.29, 0.717) is 0 Å². The highest BCUT2D eigenvalue weighted by molar-refractivity contribution is 7.12. The molecular formula is C11H16O2S. The van der Waals surface area contributed by atoms with Crippen LogP contribution < -0.4 is 0 Å². The summed E-state index contributed by atoms with van der Waals surface area (Å²) in [5.41, 5.74) is 0. The van der Waals surface area contributed by atoms with Crippen LogP contribution in [-0.2, 0) is 11.2 Å². The van der Waals surface area contributed by atoms with E-state index in [1.54, 1.807) is 11.3 Å². The van der Waals surface area contributed by atoms with Crippen LogP contribution in [0.4, 0.5) is 0 Å². The maximum Gasteiger partial charge on any atom is 0.303 e. The summed E-state index contributed by atoms with van der Waals surface area (Å²) in [6.45, 7) is 4.16. The third-order valence-electron chi connectivity index (χ3n) is 2.35. The van der Waals surface area contributed by atoms with E-state index in [1.165, 1.54) is 9.75 Å². The van der Waals surface area contributed by atoms with Crippen molar-refractivity contribution in [1.29, 1.82) is 0 Å². The molecule has 1 atom stereocenters. The number of carboxylic acid groups (broad SMARTS) is 1. The fourth-order valence-electron chi connectivity index (χ4n) is 1.46. The van der Waals surface area contributed by atoms with Crippen LogP contribution in [0.1, 0.15) is 42.4 Å². The molecule has 0 aromatic carbocycles. The predicted molar refractivity (Wildman–Crippen MR) is 59.0 cm³/mol. The number of carbonyl (C=O) groups is 1. The van der Waals surface area contributed by atoms with Gasteiger partial charge >= 0.3 is 5.97 Å². The van der Waals surface area contributed by atoms with Crippen molar-refractivity contribution in [2.24, 2.45) is 0 Å². The van der Waals surface area contributed by atoms with Crippen LogP contribution in [0.25, 0.3) is 0 Å². The number of rotatable bonds is 5. The molecule has 1 heterocycles. The molecule has 0 spiro atoms. The summed E-state index contributed by atoms with van der Waals surface area (Å²) in [4.78, 5) is 13.2. The van der Waals surface area contributed by atoms with Gasteiger partial charge in [0.15, 0.2) is 0 Å². The van der Waals surface area contributed by atoms with Crippen molar-refractivity contribution in [2.75, 3.05) is 0 Å². The summed E-state index contributed by atoms with van der Waals surface area (Å²) in [7, 11) is 0. The average molecular weight is 212 g/mol. The first-order valence-electron chi connectivity index (χ1n) is 4.97. The minimum Gasteiger partial charge on any atom is -0.481 e. The zero-order valence-corrected chi connectivity index (χ0v) is 9.43. The van der Waals surface area contributed by atoms with Crippen molar-refractivity contribution in [3.63, 3.8) is 0 Å². The van der Waals surface area contributed by atoms with Gasteiger partial charge in [0, 0.05) is 15.7 Å². The molecule has 2 nitrogen and oxygen atoms in total. The van der Waals surface area contributed by atoms with Gasteiger partial charge < -0.3 is 5.11 Å². The Balaban J connectivity index is 2.73. The van der Waals surface area contributed by atoms with Crippen molar-refractivity contribution in [1.82, 2.24) is 0 Å². The molecule has 14 heavy (non-hydrogen) atoms. The standard InChI is InChI=1S/C11H16O2S/c1-3-8(7-11(12)13)10-6-5-9(4-2)14-10/h5-6,8H,3-4,7H2,1-2H3,(H,12,13). The fourth-order valence-corrected chi connectivity index (χ4v) is 2.60. The Labute approximate surface area is 88.6 Å². The van der Waals surface area contributed by atoms with E-state index in [-0.39, 0.29) is 12.3 Å². The second-order valence-electron chi connectivity index (χ2n) is 3.36. The monoisotopic (exact) mass is 212 g/mol. The van der Waals surface area contributed by atoms with Crippen molar-refractivity contribution in [3.8, 4) is 0 Å². The van der Waals surface area contributed by atoms with Crippen molar-refractivity contribution in [3.05, 3.63) is 21.9 Å². The van der Waals surface area contributed by atoms with Crippen LogP contribution in [0.3, 0.4) is 0 Å². The Morgan fingerprint density at radius 2 is 2.21 bits per heavy atom. The number of hydrogen-bond acceptors (Lipinski definition) is 2. The first-order chi connectivity index (χ1) is 6.67. The predicted octanol–water partition coefficient (Wildman–Crippen LogP) is 3.28. The zero-order chi connectivity index (χ0) is 10.6. The maximum absolute atomic E-state index is 10.6. The largest absolute Gasteiger partial charge is 0.481 e. The molecule has 0 saturated carbocycles. The summed E-state index contributed by atoms with van der Waals surface area (Å²) in [6, 6.07) is 4.17. The quantitative estimate of drug-likeness (QED) is 0.813. The molecule has 0 amide bonds. The van der Waals surface area contributed by atoms with Crippen molar-refractivity contribution < 1.29 is 9.90 Å². The molecule has 0 bridgehead atoms. The van der Waals surface area contributed by atoms with Gasteiger partial charge in [-0.05, 0) is 25.0 Å². The SMILES string of the molecule is CCc1ccc(C(CC)CC(=O)O)s1. The molecule has 1 unspecified atom stereocenters. The summed E-state index contributed by atoms with van der Waals surface area (Å²) in [5.74, 6) is -0.513. The third-order valence-corrected chi connectivity index (χ3v) is 3.74. The molecule has 3 heteroatoms. The smallest absolute Gasteiger partial charge is 0.303 e. The first-order valence-corrected chi connectivity index (χ1v) is 5.79. The van der Waals surface area contributed by atoms with Gasteiger partial charge in [-0.1, -0.05) is 13.8 Å². The van der Waals surface area contributed by atoms with Gasteiger partial charge in [0.05, 0.1) is 6.42 Å². The highest BCUT2D eigenvalue weighted by atomic mass is 32.1. The number of thiophene rings is 1. The number of aryl methyl sites for hydroxylation is 1. The second-order valence-corrected chi connectivity index (χ2v) is 4.56. The Kier molecular flexibility index (Phi) is 4.14. The van der Waals surface area contributed by atoms with Gasteiger partial charge in [0.1, 0.15) is 0 Å². The second kappa shape index (κ2) is 5.15. The maximum atomic E-state index is 10.6. The molecule has 0 saturated heterocycles. The van der Waals surface area contributed by atoms with Crippen molar-refractivity contribution >= 4 is 17.3 Å². The van der Waals surface area contributed by atoms with E-state index in [1.807, 2.05) is 6.92 Å². The Morgan fingerprint density at radius 3 is 2.64 bits per heavy atom. The lowest BCUT2D eigenvalue weighted by molar-refractivity contribution is -0.137. The van der Waals surface area contributed by atoms with Gasteiger partial charge in [-0.15, -0.1) is 11.3 Å². The zero-order valence-electron chi connectivity index (χ0n) is 8.62. The van der Waals surface area contributed by atoms with Crippen LogP contribution >= 0.6 is 11.3 Å². The van der Waals surface area contributed by atoms with Crippen molar-refractivity contribution in [2.45, 2.75) is 39.0 Å². The minimum atomic E-state index is -0.705. The van der Waals surface area contributed by atoms with Crippen LogP contribution in [0.15, 0.2) is 12.1 Å². The van der Waals surface area contributed by atoms with E-state index < -0.39 is 5.97 Å². The normalized spacial score (nSPS) is 12.7. The van der Waals surface area contributed by atoms with Gasteiger partial charge in [0.2, 0.25) is 0 Å². The minimum absolute atomic E-state index is 0.192. The molecule has 1 rings (SSSR count). The molecule has 0 aliphatic carbocycles. The molecule has 0 aliphatic rings. The summed E-state index contributed by atoms with van der Waals surface area (Å²) < 4.78 is 0. The summed E-state index contributed by atoms with van der Waals surface area (Å²) >= 11 is 1.74. The molecule has 78 valence electrons. The van der Waals surface area contributed by atoms with E-state index in [2.05, 4.69) is 19.1 Å². The first kappa shape index (κ1) is 11.2. The highest BCUT2D eigenvalue weighted by Crippen LogP contribution is 2.30. The van der Waals surface area contributed by atoms with Gasteiger partial charge in [-0.2, -0.15) is 0 Å². The fraction of sp³-hybridized carbons (Fsp3) is 0.545. The summed E-state index contributed by atoms with van der Waals surface area (Å²) in [5, 5.41) is 8.74. The van der Waals surface area contributed by atoms with Gasteiger partial charge in [-0.25, -0.2) is 0 Å². The molecule has 1 aromatic heterocycles. The summed E-state index contributed by atoms with van der Waals surface area (Å²) in [6.07, 6.45) is 2.18. The molecule has 1 N–H and O–H groups in total. The average Bonchev–Trinajstić information content (AvgIpc) is 2.62. The lowest BCUT2D eigenvalue weighted by Gasteiger charge is -2.09.